The van der Waals surface area contributed by atoms with E-state index in [9.17, 15) is 0 Å². The van der Waals surface area contributed by atoms with E-state index in [4.69, 9.17) is 0 Å². The summed E-state index contributed by atoms with van der Waals surface area (Å²) in [6, 6.07) is 0. The molecule has 1 saturated carbocycles. The first-order valence-electron chi connectivity index (χ1n) is 7.99. The fourth-order valence-corrected chi connectivity index (χ4v) is 2.98. The molecule has 1 aromatic heterocycles. The molecule has 4 heteroatoms. The van der Waals surface area contributed by atoms with Gasteiger partial charge in [0, 0.05) is 31.9 Å². The molecule has 0 spiro atoms. The molecule has 0 saturated heterocycles. The summed E-state index contributed by atoms with van der Waals surface area (Å²) in [6.07, 6.45) is 9.96. The number of hydrogen-bond acceptors (Lipinski definition) is 4. The second-order valence-corrected chi connectivity index (χ2v) is 6.01. The van der Waals surface area contributed by atoms with E-state index < -0.39 is 0 Å². The van der Waals surface area contributed by atoms with E-state index in [1.807, 2.05) is 6.20 Å². The molecule has 0 bridgehead atoms. The molecule has 4 nitrogen and oxygen atoms in total. The summed E-state index contributed by atoms with van der Waals surface area (Å²) in [6.45, 7) is 6.29. The maximum atomic E-state index is 4.68. The van der Waals surface area contributed by atoms with Gasteiger partial charge in [0.2, 0.25) is 5.95 Å². The highest BCUT2D eigenvalue weighted by Gasteiger charge is 2.17. The summed E-state index contributed by atoms with van der Waals surface area (Å²) >= 11 is 0. The lowest BCUT2D eigenvalue weighted by atomic mass is 9.89. The minimum absolute atomic E-state index is 0.753. The first kappa shape index (κ1) is 15.1. The van der Waals surface area contributed by atoms with Crippen LogP contribution in [0.1, 0.15) is 51.0 Å². The van der Waals surface area contributed by atoms with E-state index in [0.29, 0.717) is 0 Å². The van der Waals surface area contributed by atoms with Gasteiger partial charge in [-0.3, -0.25) is 0 Å². The van der Waals surface area contributed by atoms with Crippen LogP contribution in [-0.4, -0.2) is 30.1 Å². The minimum Gasteiger partial charge on any atom is -0.359 e. The van der Waals surface area contributed by atoms with Crippen LogP contribution in [0.3, 0.4) is 0 Å². The maximum absolute atomic E-state index is 4.68. The number of rotatable bonds is 6. The molecular weight excluding hydrogens is 248 g/mol. The van der Waals surface area contributed by atoms with Crippen molar-refractivity contribution in [1.29, 1.82) is 0 Å². The second-order valence-electron chi connectivity index (χ2n) is 6.01. The topological polar surface area (TPSA) is 41.1 Å². The molecule has 1 heterocycles. The molecule has 0 aromatic carbocycles. The fraction of sp³-hybridized carbons (Fsp3) is 0.750. The zero-order valence-corrected chi connectivity index (χ0v) is 13.2. The van der Waals surface area contributed by atoms with Gasteiger partial charge in [-0.05, 0) is 32.1 Å². The average Bonchev–Trinajstić information content (AvgIpc) is 2.47. The monoisotopic (exact) mass is 276 g/mol. The number of anilines is 2. The Hall–Kier alpha value is -1.32. The van der Waals surface area contributed by atoms with Crippen LogP contribution in [0.25, 0.3) is 0 Å². The van der Waals surface area contributed by atoms with Crippen LogP contribution in [0, 0.1) is 12.8 Å². The summed E-state index contributed by atoms with van der Waals surface area (Å²) in [4.78, 5) is 11.3. The summed E-state index contributed by atoms with van der Waals surface area (Å²) in [7, 11) is 2.16. The van der Waals surface area contributed by atoms with Crippen molar-refractivity contribution in [3.05, 3.63) is 11.8 Å². The van der Waals surface area contributed by atoms with Crippen molar-refractivity contribution in [2.24, 2.45) is 5.92 Å². The van der Waals surface area contributed by atoms with Gasteiger partial charge >= 0.3 is 0 Å². The van der Waals surface area contributed by atoms with Gasteiger partial charge in [0.05, 0.1) is 0 Å². The van der Waals surface area contributed by atoms with E-state index >= 15 is 0 Å². The third kappa shape index (κ3) is 4.09. The maximum Gasteiger partial charge on any atom is 0.224 e. The Bertz CT molecular complexity index is 413. The van der Waals surface area contributed by atoms with E-state index in [2.05, 4.69) is 41.1 Å². The molecule has 1 aromatic rings. The highest BCUT2D eigenvalue weighted by atomic mass is 15.2. The molecule has 0 radical (unpaired) electrons. The molecule has 20 heavy (non-hydrogen) atoms. The van der Waals surface area contributed by atoms with Crippen LogP contribution in [0.15, 0.2) is 6.20 Å². The lowest BCUT2D eigenvalue weighted by Gasteiger charge is -2.28. The Kier molecular flexibility index (Phi) is 5.62. The SMILES string of the molecule is CCCNc1ncc(C)c(N(C)CC2CCCCC2)n1. The Balaban J connectivity index is 2.01. The van der Waals surface area contributed by atoms with Gasteiger partial charge in [0.25, 0.3) is 0 Å². The molecule has 1 aliphatic carbocycles. The highest BCUT2D eigenvalue weighted by molar-refractivity contribution is 5.48. The predicted octanol–water partition coefficient (Wildman–Crippen LogP) is 3.62. The third-order valence-corrected chi connectivity index (χ3v) is 4.10. The van der Waals surface area contributed by atoms with E-state index in [1.54, 1.807) is 0 Å². The van der Waals surface area contributed by atoms with Crippen molar-refractivity contribution < 1.29 is 0 Å². The third-order valence-electron chi connectivity index (χ3n) is 4.10. The van der Waals surface area contributed by atoms with Crippen LogP contribution in [-0.2, 0) is 0 Å². The molecule has 0 amide bonds. The van der Waals surface area contributed by atoms with Gasteiger partial charge in [-0.2, -0.15) is 4.98 Å². The first-order valence-corrected chi connectivity index (χ1v) is 7.99. The predicted molar refractivity (Wildman–Crippen MR) is 85.4 cm³/mol. The van der Waals surface area contributed by atoms with Crippen molar-refractivity contribution in [2.75, 3.05) is 30.4 Å². The number of aromatic nitrogens is 2. The van der Waals surface area contributed by atoms with Gasteiger partial charge < -0.3 is 10.2 Å². The van der Waals surface area contributed by atoms with E-state index in [-0.39, 0.29) is 0 Å². The summed E-state index contributed by atoms with van der Waals surface area (Å²) in [5.74, 6) is 2.65. The molecule has 2 rings (SSSR count). The quantitative estimate of drug-likeness (QED) is 0.861. The number of nitrogens with zero attached hydrogens (tertiary/aromatic N) is 3. The first-order chi connectivity index (χ1) is 9.70. The number of nitrogens with one attached hydrogen (secondary N) is 1. The summed E-state index contributed by atoms with van der Waals surface area (Å²) < 4.78 is 0. The standard InChI is InChI=1S/C16H28N4/c1-4-10-17-16-18-11-13(2)15(19-16)20(3)12-14-8-6-5-7-9-14/h11,14H,4-10,12H2,1-3H3,(H,17,18,19). The zero-order valence-electron chi connectivity index (χ0n) is 13.2. The van der Waals surface area contributed by atoms with Crippen LogP contribution in [0.4, 0.5) is 11.8 Å². The summed E-state index contributed by atoms with van der Waals surface area (Å²) in [5, 5.41) is 3.27. The van der Waals surface area contributed by atoms with Gasteiger partial charge in [-0.25, -0.2) is 4.98 Å². The van der Waals surface area contributed by atoms with Crippen molar-refractivity contribution in [2.45, 2.75) is 52.4 Å². The Morgan fingerprint density at radius 1 is 1.30 bits per heavy atom. The van der Waals surface area contributed by atoms with E-state index in [1.165, 1.54) is 32.1 Å². The lowest BCUT2D eigenvalue weighted by molar-refractivity contribution is 0.361. The number of aryl methyl sites for hydroxylation is 1. The fourth-order valence-electron chi connectivity index (χ4n) is 2.98. The van der Waals surface area contributed by atoms with Crippen LogP contribution in [0.2, 0.25) is 0 Å². The van der Waals surface area contributed by atoms with Crippen LogP contribution >= 0.6 is 0 Å². The molecule has 0 aliphatic heterocycles. The van der Waals surface area contributed by atoms with Crippen molar-refractivity contribution >= 4 is 11.8 Å². The normalized spacial score (nSPS) is 16.1. The molecular formula is C16H28N4. The van der Waals surface area contributed by atoms with Gasteiger partial charge in [-0.15, -0.1) is 0 Å². The largest absolute Gasteiger partial charge is 0.359 e. The van der Waals surface area contributed by atoms with Crippen molar-refractivity contribution in [3.8, 4) is 0 Å². The van der Waals surface area contributed by atoms with Gasteiger partial charge in [0.15, 0.2) is 0 Å². The Morgan fingerprint density at radius 2 is 2.05 bits per heavy atom. The molecule has 0 unspecified atom stereocenters. The van der Waals surface area contributed by atoms with E-state index in [0.717, 1.165) is 42.8 Å². The lowest BCUT2D eigenvalue weighted by Crippen LogP contribution is -2.28. The highest BCUT2D eigenvalue weighted by Crippen LogP contribution is 2.26. The van der Waals surface area contributed by atoms with Crippen LogP contribution in [0.5, 0.6) is 0 Å². The van der Waals surface area contributed by atoms with Crippen LogP contribution < -0.4 is 10.2 Å². The minimum atomic E-state index is 0.753. The van der Waals surface area contributed by atoms with Gasteiger partial charge in [-0.1, -0.05) is 26.2 Å². The average molecular weight is 276 g/mol. The zero-order chi connectivity index (χ0) is 14.4. The molecule has 112 valence electrons. The van der Waals surface area contributed by atoms with Crippen molar-refractivity contribution in [1.82, 2.24) is 9.97 Å². The Labute approximate surface area is 123 Å². The summed E-state index contributed by atoms with van der Waals surface area (Å²) in [5.41, 5.74) is 1.16. The van der Waals surface area contributed by atoms with Gasteiger partial charge in [0.1, 0.15) is 5.82 Å². The van der Waals surface area contributed by atoms with Crippen molar-refractivity contribution in [3.63, 3.8) is 0 Å². The molecule has 0 atom stereocenters. The second kappa shape index (κ2) is 7.46. The molecule has 1 fully saturated rings. The smallest absolute Gasteiger partial charge is 0.224 e. The number of hydrogen-bond donors (Lipinski definition) is 1. The Morgan fingerprint density at radius 3 is 2.75 bits per heavy atom. The molecule has 1 aliphatic rings. The molecule has 1 N–H and O–H groups in total.